The molecule has 1 fully saturated rings. The number of benzene rings is 1. The second-order valence-electron chi connectivity index (χ2n) is 7.36. The van der Waals surface area contributed by atoms with Crippen molar-refractivity contribution >= 4 is 0 Å². The number of halogens is 5. The summed E-state index contributed by atoms with van der Waals surface area (Å²) in [6, 6.07) is 4.73. The van der Waals surface area contributed by atoms with Crippen molar-refractivity contribution in [2.45, 2.75) is 70.9 Å². The lowest BCUT2D eigenvalue weighted by atomic mass is 9.78. The third-order valence-corrected chi connectivity index (χ3v) is 5.08. The molecule has 0 amide bonds. The molecule has 7 heteroatoms. The van der Waals surface area contributed by atoms with Crippen molar-refractivity contribution in [3.63, 3.8) is 0 Å². The van der Waals surface area contributed by atoms with Crippen LogP contribution in [0.15, 0.2) is 36.4 Å². The Morgan fingerprint density at radius 2 is 1.57 bits per heavy atom. The molecule has 2 nitrogen and oxygen atoms in total. The van der Waals surface area contributed by atoms with E-state index in [1.54, 1.807) is 0 Å². The van der Waals surface area contributed by atoms with Gasteiger partial charge in [-0.1, -0.05) is 37.1 Å². The highest BCUT2D eigenvalue weighted by Crippen LogP contribution is 2.38. The zero-order valence-electron chi connectivity index (χ0n) is 16.0. The largest absolute Gasteiger partial charge is 0.573 e. The van der Waals surface area contributed by atoms with Gasteiger partial charge in [0.25, 0.3) is 0 Å². The van der Waals surface area contributed by atoms with E-state index in [0.717, 1.165) is 50.7 Å². The van der Waals surface area contributed by atoms with Gasteiger partial charge in [0, 0.05) is 6.42 Å². The fourth-order valence-electron chi connectivity index (χ4n) is 3.59. The predicted octanol–water partition coefficient (Wildman–Crippen LogP) is 7.25. The fraction of sp³-hybridized carbons (Fsp3) is 0.619. The van der Waals surface area contributed by atoms with E-state index in [1.165, 1.54) is 12.1 Å². The van der Waals surface area contributed by atoms with Crippen LogP contribution in [0.25, 0.3) is 0 Å². The van der Waals surface area contributed by atoms with Gasteiger partial charge in [0.2, 0.25) is 0 Å². The minimum Gasteiger partial charge on any atom is -0.406 e. The summed E-state index contributed by atoms with van der Waals surface area (Å²) in [5, 5.41) is 0. The fourth-order valence-corrected chi connectivity index (χ4v) is 3.59. The van der Waals surface area contributed by atoms with Crippen molar-refractivity contribution in [1.82, 2.24) is 0 Å². The number of allylic oxidation sites excluding steroid dienone is 2. The summed E-state index contributed by atoms with van der Waals surface area (Å²) >= 11 is 0. The Hall–Kier alpha value is -1.63. The second kappa shape index (κ2) is 10.2. The molecule has 0 saturated heterocycles. The van der Waals surface area contributed by atoms with Gasteiger partial charge in [-0.25, -0.2) is 0 Å². The third kappa shape index (κ3) is 8.59. The molecular formula is C21H27F5O2. The molecule has 1 aliphatic carbocycles. The highest BCUT2D eigenvalue weighted by Gasteiger charge is 2.35. The Labute approximate surface area is 162 Å². The van der Waals surface area contributed by atoms with E-state index in [2.05, 4.69) is 10.8 Å². The molecule has 2 rings (SSSR count). The van der Waals surface area contributed by atoms with Crippen LogP contribution < -0.4 is 4.74 Å². The maximum absolute atomic E-state index is 14.1. The van der Waals surface area contributed by atoms with Gasteiger partial charge in [0.1, 0.15) is 5.75 Å². The summed E-state index contributed by atoms with van der Waals surface area (Å²) in [5.74, 6) is 0.157. The van der Waals surface area contributed by atoms with E-state index >= 15 is 0 Å². The van der Waals surface area contributed by atoms with Crippen molar-refractivity contribution in [1.29, 1.82) is 0 Å². The average molecular weight is 406 g/mol. The van der Waals surface area contributed by atoms with Gasteiger partial charge in [0.05, 0.1) is 6.61 Å². The summed E-state index contributed by atoms with van der Waals surface area (Å²) < 4.78 is 73.1. The zero-order valence-corrected chi connectivity index (χ0v) is 16.0. The lowest BCUT2D eigenvalue weighted by molar-refractivity contribution is -0.274. The van der Waals surface area contributed by atoms with Crippen LogP contribution in [0.5, 0.6) is 5.75 Å². The first-order chi connectivity index (χ1) is 13.2. The Morgan fingerprint density at radius 3 is 2.14 bits per heavy atom. The molecule has 0 spiro atoms. The molecular weight excluding hydrogens is 379 g/mol. The molecule has 0 atom stereocenters. The number of rotatable bonds is 9. The Bertz CT molecular complexity index is 602. The minimum absolute atomic E-state index is 0.0597. The van der Waals surface area contributed by atoms with Crippen molar-refractivity contribution in [2.75, 3.05) is 0 Å². The number of ether oxygens (including phenoxy) is 2. The number of hydrogen-bond donors (Lipinski definition) is 0. The summed E-state index contributed by atoms with van der Waals surface area (Å²) in [6.07, 6.45) is 1.47. The molecule has 0 N–H and O–H groups in total. The van der Waals surface area contributed by atoms with Gasteiger partial charge in [-0.2, -0.15) is 8.78 Å². The van der Waals surface area contributed by atoms with E-state index in [4.69, 9.17) is 4.74 Å². The van der Waals surface area contributed by atoms with Crippen LogP contribution in [0.4, 0.5) is 22.0 Å². The van der Waals surface area contributed by atoms with E-state index in [9.17, 15) is 22.0 Å². The molecule has 0 aromatic heterocycles. The van der Waals surface area contributed by atoms with Crippen LogP contribution in [0.2, 0.25) is 0 Å². The Morgan fingerprint density at radius 1 is 0.964 bits per heavy atom. The third-order valence-electron chi connectivity index (χ3n) is 5.08. The molecule has 28 heavy (non-hydrogen) atoms. The number of alkyl halides is 5. The first-order valence-electron chi connectivity index (χ1n) is 9.64. The predicted molar refractivity (Wildman–Crippen MR) is 97.0 cm³/mol. The van der Waals surface area contributed by atoms with Crippen LogP contribution in [0.1, 0.15) is 57.4 Å². The quantitative estimate of drug-likeness (QED) is 0.318. The van der Waals surface area contributed by atoms with Crippen molar-refractivity contribution in [2.24, 2.45) is 11.8 Å². The minimum atomic E-state index is -4.78. The van der Waals surface area contributed by atoms with Crippen LogP contribution in [-0.4, -0.2) is 12.5 Å². The molecule has 0 bridgehead atoms. The van der Waals surface area contributed by atoms with Crippen LogP contribution in [-0.2, 0) is 11.3 Å². The van der Waals surface area contributed by atoms with Crippen LogP contribution in [0.3, 0.4) is 0 Å². The SMILES string of the molecule is C/C=C/CC[C@H]1CC[C@H](CC(F)(F)OCc2ccc(OC(F)(F)F)cc2)CC1. The van der Waals surface area contributed by atoms with Gasteiger partial charge in [-0.3, -0.25) is 0 Å². The number of hydrogen-bond acceptors (Lipinski definition) is 2. The lowest BCUT2D eigenvalue weighted by Crippen LogP contribution is -2.27. The Kier molecular flexibility index (Phi) is 8.28. The van der Waals surface area contributed by atoms with E-state index in [-0.39, 0.29) is 18.9 Å². The topological polar surface area (TPSA) is 18.5 Å². The maximum Gasteiger partial charge on any atom is 0.573 e. The summed E-state index contributed by atoms with van der Waals surface area (Å²) in [4.78, 5) is 0. The van der Waals surface area contributed by atoms with Gasteiger partial charge < -0.3 is 9.47 Å². The average Bonchev–Trinajstić information content (AvgIpc) is 2.61. The molecule has 158 valence electrons. The highest BCUT2D eigenvalue weighted by atomic mass is 19.4. The maximum atomic E-state index is 14.1. The van der Waals surface area contributed by atoms with Gasteiger partial charge in [-0.15, -0.1) is 13.2 Å². The molecule has 0 heterocycles. The van der Waals surface area contributed by atoms with E-state index in [1.807, 2.05) is 13.0 Å². The molecule has 1 aromatic carbocycles. The summed E-state index contributed by atoms with van der Waals surface area (Å²) in [6.45, 7) is 1.63. The van der Waals surface area contributed by atoms with Crippen molar-refractivity contribution in [3.8, 4) is 5.75 Å². The van der Waals surface area contributed by atoms with Crippen molar-refractivity contribution < 1.29 is 31.4 Å². The summed E-state index contributed by atoms with van der Waals surface area (Å²) in [5.41, 5.74) is 0.363. The van der Waals surface area contributed by atoms with Crippen LogP contribution >= 0.6 is 0 Å². The zero-order chi connectivity index (χ0) is 20.6. The van der Waals surface area contributed by atoms with Crippen LogP contribution in [0, 0.1) is 11.8 Å². The molecule has 1 saturated carbocycles. The smallest absolute Gasteiger partial charge is 0.406 e. The normalized spacial score (nSPS) is 21.2. The first kappa shape index (κ1) is 22.7. The van der Waals surface area contributed by atoms with Crippen molar-refractivity contribution in [3.05, 3.63) is 42.0 Å². The van der Waals surface area contributed by atoms with E-state index in [0.29, 0.717) is 11.5 Å². The second-order valence-corrected chi connectivity index (χ2v) is 7.36. The van der Waals surface area contributed by atoms with Gasteiger partial charge in [0.15, 0.2) is 0 Å². The van der Waals surface area contributed by atoms with E-state index < -0.39 is 18.2 Å². The monoisotopic (exact) mass is 406 g/mol. The first-order valence-corrected chi connectivity index (χ1v) is 9.64. The Balaban J connectivity index is 1.73. The summed E-state index contributed by atoms with van der Waals surface area (Å²) in [7, 11) is 0. The highest BCUT2D eigenvalue weighted by molar-refractivity contribution is 5.27. The molecule has 0 radical (unpaired) electrons. The molecule has 0 aliphatic heterocycles. The molecule has 1 aliphatic rings. The van der Waals surface area contributed by atoms with Gasteiger partial charge >= 0.3 is 12.5 Å². The standard InChI is InChI=1S/C21H27F5O2/c1-2-3-4-5-16-6-8-17(9-7-16)14-20(22,23)27-15-18-10-12-19(13-11-18)28-21(24,25)26/h2-3,10-13,16-17H,4-9,14-15H2,1H3/b3-2+/t16-,17-. The lowest BCUT2D eigenvalue weighted by Gasteiger charge is -2.30. The van der Waals surface area contributed by atoms with Gasteiger partial charge in [-0.05, 0) is 62.1 Å². The molecule has 1 aromatic rings. The molecule has 0 unspecified atom stereocenters.